The van der Waals surface area contributed by atoms with E-state index in [9.17, 15) is 0 Å². The lowest BCUT2D eigenvalue weighted by Crippen LogP contribution is -2.36. The van der Waals surface area contributed by atoms with Crippen LogP contribution in [0.5, 0.6) is 0 Å². The first-order valence-electron chi connectivity index (χ1n) is 8.85. The summed E-state index contributed by atoms with van der Waals surface area (Å²) in [5, 5.41) is 4.86. The summed E-state index contributed by atoms with van der Waals surface area (Å²) in [6.45, 7) is 2.72. The van der Waals surface area contributed by atoms with Crippen LogP contribution in [0.15, 0.2) is 12.3 Å². The third kappa shape index (κ3) is 3.86. The molecule has 1 aromatic rings. The molecular formula is C17H30N4. The van der Waals surface area contributed by atoms with Crippen LogP contribution in [0.1, 0.15) is 69.5 Å². The first-order chi connectivity index (χ1) is 10.4. The molecule has 0 saturated heterocycles. The van der Waals surface area contributed by atoms with Crippen molar-refractivity contribution in [2.45, 2.75) is 76.4 Å². The Balaban J connectivity index is 1.61. The molecule has 2 N–H and O–H groups in total. The Bertz CT molecular complexity index is 416. The number of hydrogen-bond acceptors (Lipinski definition) is 3. The Kier molecular flexibility index (Phi) is 5.31. The number of nitrogens with two attached hydrogens (primary N) is 1. The molecule has 1 aromatic heterocycles. The molecule has 0 atom stereocenters. The maximum atomic E-state index is 5.81. The van der Waals surface area contributed by atoms with Gasteiger partial charge in [0.15, 0.2) is 0 Å². The molecule has 118 valence electrons. The van der Waals surface area contributed by atoms with Crippen LogP contribution in [0.2, 0.25) is 0 Å². The van der Waals surface area contributed by atoms with Crippen LogP contribution in [0, 0.1) is 0 Å². The predicted molar refractivity (Wildman–Crippen MR) is 86.1 cm³/mol. The van der Waals surface area contributed by atoms with E-state index in [2.05, 4.69) is 21.8 Å². The lowest BCUT2D eigenvalue weighted by Gasteiger charge is -2.27. The summed E-state index contributed by atoms with van der Waals surface area (Å²) in [5.74, 6) is 0. The van der Waals surface area contributed by atoms with Crippen molar-refractivity contribution in [2.24, 2.45) is 5.73 Å². The Hall–Kier alpha value is -0.870. The Morgan fingerprint density at radius 3 is 2.52 bits per heavy atom. The molecule has 0 aliphatic heterocycles. The van der Waals surface area contributed by atoms with E-state index in [1.165, 1.54) is 63.5 Å². The van der Waals surface area contributed by atoms with E-state index in [4.69, 9.17) is 10.8 Å². The van der Waals surface area contributed by atoms with Gasteiger partial charge in [-0.25, -0.2) is 0 Å². The highest BCUT2D eigenvalue weighted by molar-refractivity contribution is 5.01. The van der Waals surface area contributed by atoms with Crippen LogP contribution >= 0.6 is 0 Å². The highest BCUT2D eigenvalue weighted by atomic mass is 15.3. The third-order valence-corrected chi connectivity index (χ3v) is 5.23. The molecule has 4 nitrogen and oxygen atoms in total. The van der Waals surface area contributed by atoms with Gasteiger partial charge in [0.05, 0.1) is 11.7 Å². The zero-order valence-electron chi connectivity index (χ0n) is 13.2. The highest BCUT2D eigenvalue weighted by Gasteiger charge is 2.23. The second kappa shape index (κ2) is 7.41. The standard InChI is InChI=1S/C17H30N4/c18-11-13-20(16-6-4-5-7-16)14-15-10-12-21(19-15)17-8-2-1-3-9-17/h10,12,16-17H,1-9,11,13-14,18H2. The van der Waals surface area contributed by atoms with Gasteiger partial charge in [-0.2, -0.15) is 5.10 Å². The topological polar surface area (TPSA) is 47.1 Å². The summed E-state index contributed by atoms with van der Waals surface area (Å²) in [7, 11) is 0. The molecule has 2 fully saturated rings. The molecular weight excluding hydrogens is 260 g/mol. The zero-order chi connectivity index (χ0) is 14.5. The van der Waals surface area contributed by atoms with Gasteiger partial charge in [-0.05, 0) is 31.7 Å². The van der Waals surface area contributed by atoms with Gasteiger partial charge >= 0.3 is 0 Å². The second-order valence-electron chi connectivity index (χ2n) is 6.78. The lowest BCUT2D eigenvalue weighted by atomic mass is 9.96. The molecule has 0 unspecified atom stereocenters. The van der Waals surface area contributed by atoms with Crippen molar-refractivity contribution in [3.05, 3.63) is 18.0 Å². The van der Waals surface area contributed by atoms with Crippen molar-refractivity contribution in [1.29, 1.82) is 0 Å². The summed E-state index contributed by atoms with van der Waals surface area (Å²) in [4.78, 5) is 2.56. The van der Waals surface area contributed by atoms with Crippen LogP contribution < -0.4 is 5.73 Å². The molecule has 0 radical (unpaired) electrons. The van der Waals surface area contributed by atoms with E-state index in [0.29, 0.717) is 6.04 Å². The fraction of sp³-hybridized carbons (Fsp3) is 0.824. The average molecular weight is 290 g/mol. The van der Waals surface area contributed by atoms with Gasteiger partial charge in [0.25, 0.3) is 0 Å². The minimum atomic E-state index is 0.641. The van der Waals surface area contributed by atoms with Gasteiger partial charge in [-0.15, -0.1) is 0 Å². The minimum absolute atomic E-state index is 0.641. The van der Waals surface area contributed by atoms with Crippen LogP contribution in [-0.2, 0) is 6.54 Å². The molecule has 2 aliphatic rings. The molecule has 4 heteroatoms. The molecule has 0 bridgehead atoms. The largest absolute Gasteiger partial charge is 0.329 e. The highest BCUT2D eigenvalue weighted by Crippen LogP contribution is 2.28. The van der Waals surface area contributed by atoms with E-state index in [1.807, 2.05) is 0 Å². The Morgan fingerprint density at radius 1 is 1.10 bits per heavy atom. The average Bonchev–Trinajstić information content (AvgIpc) is 3.19. The van der Waals surface area contributed by atoms with E-state index >= 15 is 0 Å². The Morgan fingerprint density at radius 2 is 1.81 bits per heavy atom. The SMILES string of the molecule is NCCN(Cc1ccn(C2CCCCC2)n1)C1CCCC1. The van der Waals surface area contributed by atoms with Crippen LogP contribution in [0.4, 0.5) is 0 Å². The number of rotatable bonds is 6. The van der Waals surface area contributed by atoms with Crippen LogP contribution in [0.25, 0.3) is 0 Å². The summed E-state index contributed by atoms with van der Waals surface area (Å²) < 4.78 is 2.23. The van der Waals surface area contributed by atoms with Gasteiger partial charge in [-0.3, -0.25) is 9.58 Å². The molecule has 1 heterocycles. The van der Waals surface area contributed by atoms with Crippen molar-refractivity contribution in [3.63, 3.8) is 0 Å². The van der Waals surface area contributed by atoms with E-state index in [1.54, 1.807) is 0 Å². The predicted octanol–water partition coefficient (Wildman–Crippen LogP) is 3.09. The van der Waals surface area contributed by atoms with E-state index in [-0.39, 0.29) is 0 Å². The smallest absolute Gasteiger partial charge is 0.0765 e. The zero-order valence-corrected chi connectivity index (χ0v) is 13.2. The van der Waals surface area contributed by atoms with Crippen molar-refractivity contribution in [1.82, 2.24) is 14.7 Å². The minimum Gasteiger partial charge on any atom is -0.329 e. The normalized spacial score (nSPS) is 21.4. The molecule has 0 amide bonds. The summed E-state index contributed by atoms with van der Waals surface area (Å²) in [5.41, 5.74) is 7.03. The monoisotopic (exact) mass is 290 g/mol. The third-order valence-electron chi connectivity index (χ3n) is 5.23. The van der Waals surface area contributed by atoms with Crippen molar-refractivity contribution in [2.75, 3.05) is 13.1 Å². The maximum Gasteiger partial charge on any atom is 0.0765 e. The first-order valence-corrected chi connectivity index (χ1v) is 8.85. The summed E-state index contributed by atoms with van der Waals surface area (Å²) in [6, 6.07) is 3.59. The number of hydrogen-bond donors (Lipinski definition) is 1. The second-order valence-corrected chi connectivity index (χ2v) is 6.78. The molecule has 3 rings (SSSR count). The van der Waals surface area contributed by atoms with E-state index in [0.717, 1.165) is 25.7 Å². The molecule has 2 saturated carbocycles. The molecule has 0 spiro atoms. The van der Waals surface area contributed by atoms with Crippen molar-refractivity contribution >= 4 is 0 Å². The van der Waals surface area contributed by atoms with Gasteiger partial charge in [0.1, 0.15) is 0 Å². The van der Waals surface area contributed by atoms with E-state index < -0.39 is 0 Å². The summed E-state index contributed by atoms with van der Waals surface area (Å²) >= 11 is 0. The van der Waals surface area contributed by atoms with Crippen LogP contribution in [0.3, 0.4) is 0 Å². The Labute approximate surface area is 128 Å². The first kappa shape index (κ1) is 15.0. The van der Waals surface area contributed by atoms with Crippen LogP contribution in [-0.4, -0.2) is 33.8 Å². The molecule has 2 aliphatic carbocycles. The quantitative estimate of drug-likeness (QED) is 0.876. The summed E-state index contributed by atoms with van der Waals surface area (Å²) in [6.07, 6.45) is 14.4. The fourth-order valence-electron chi connectivity index (χ4n) is 4.04. The van der Waals surface area contributed by atoms with Gasteiger partial charge in [-0.1, -0.05) is 32.1 Å². The lowest BCUT2D eigenvalue weighted by molar-refractivity contribution is 0.192. The van der Waals surface area contributed by atoms with Gasteiger partial charge in [0.2, 0.25) is 0 Å². The maximum absolute atomic E-state index is 5.81. The van der Waals surface area contributed by atoms with Crippen molar-refractivity contribution in [3.8, 4) is 0 Å². The van der Waals surface area contributed by atoms with Gasteiger partial charge < -0.3 is 5.73 Å². The molecule has 21 heavy (non-hydrogen) atoms. The number of aromatic nitrogens is 2. The fourth-order valence-corrected chi connectivity index (χ4v) is 4.04. The number of nitrogens with zero attached hydrogens (tertiary/aromatic N) is 3. The van der Waals surface area contributed by atoms with Gasteiger partial charge in [0, 0.05) is 31.9 Å². The van der Waals surface area contributed by atoms with Crippen molar-refractivity contribution < 1.29 is 0 Å². The molecule has 0 aromatic carbocycles.